The number of carboxylic acids is 1. The number of aryl methyl sites for hydroxylation is 1. The van der Waals surface area contributed by atoms with Gasteiger partial charge in [0, 0.05) is 35.3 Å². The second-order valence-electron chi connectivity index (χ2n) is 6.30. The highest BCUT2D eigenvalue weighted by Gasteiger charge is 2.38. The van der Waals surface area contributed by atoms with Crippen LogP contribution >= 0.6 is 0 Å². The first-order valence-electron chi connectivity index (χ1n) is 8.17. The summed E-state index contributed by atoms with van der Waals surface area (Å²) in [7, 11) is 0. The van der Waals surface area contributed by atoms with E-state index in [4.69, 9.17) is 0 Å². The maximum Gasteiger partial charge on any atom is 0.332 e. The second-order valence-corrected chi connectivity index (χ2v) is 6.30. The first-order chi connectivity index (χ1) is 12.1. The third-order valence-corrected chi connectivity index (χ3v) is 4.83. The first-order valence-corrected chi connectivity index (χ1v) is 8.17. The van der Waals surface area contributed by atoms with Crippen LogP contribution in [0.5, 0.6) is 0 Å². The summed E-state index contributed by atoms with van der Waals surface area (Å²) in [6.45, 7) is 2.30. The van der Waals surface area contributed by atoms with Crippen molar-refractivity contribution >= 4 is 22.8 Å². The molecule has 3 N–H and O–H groups in total. The van der Waals surface area contributed by atoms with Gasteiger partial charge in [-0.1, -0.05) is 18.2 Å². The Balaban J connectivity index is 1.66. The molecule has 0 spiro atoms. The Bertz CT molecular complexity index is 972. The second kappa shape index (κ2) is 5.77. The van der Waals surface area contributed by atoms with E-state index < -0.39 is 12.0 Å². The molecule has 1 aliphatic heterocycles. The van der Waals surface area contributed by atoms with Crippen molar-refractivity contribution in [3.05, 3.63) is 53.2 Å². The van der Waals surface area contributed by atoms with Crippen molar-refractivity contribution < 1.29 is 14.7 Å². The molecule has 0 aliphatic carbocycles. The largest absolute Gasteiger partial charge is 0.479 e. The molecule has 1 amide bonds. The molecule has 3 heterocycles. The van der Waals surface area contributed by atoms with E-state index in [9.17, 15) is 14.7 Å². The van der Waals surface area contributed by atoms with E-state index in [0.29, 0.717) is 18.7 Å². The molecule has 25 heavy (non-hydrogen) atoms. The number of aromatic amines is 2. The minimum absolute atomic E-state index is 0.166. The van der Waals surface area contributed by atoms with Gasteiger partial charge in [-0.05, 0) is 18.6 Å². The lowest BCUT2D eigenvalue weighted by atomic mass is 10.0. The lowest BCUT2D eigenvalue weighted by Crippen LogP contribution is -2.44. The Morgan fingerprint density at radius 1 is 1.36 bits per heavy atom. The van der Waals surface area contributed by atoms with Crippen molar-refractivity contribution in [3.8, 4) is 0 Å². The maximum absolute atomic E-state index is 12.9. The number of benzene rings is 1. The van der Waals surface area contributed by atoms with Crippen molar-refractivity contribution in [2.75, 3.05) is 6.54 Å². The summed E-state index contributed by atoms with van der Waals surface area (Å²) >= 11 is 0. The normalized spacial score (nSPS) is 16.8. The van der Waals surface area contributed by atoms with Crippen molar-refractivity contribution in [2.24, 2.45) is 0 Å². The van der Waals surface area contributed by atoms with Crippen LogP contribution in [0.25, 0.3) is 10.9 Å². The third kappa shape index (κ3) is 2.48. The molecular formula is C18H18N4O3. The molecule has 0 radical (unpaired) electrons. The molecule has 1 atom stereocenters. The predicted molar refractivity (Wildman–Crippen MR) is 91.1 cm³/mol. The number of para-hydroxylation sites is 1. The zero-order valence-electron chi connectivity index (χ0n) is 13.7. The quantitative estimate of drug-likeness (QED) is 0.679. The summed E-state index contributed by atoms with van der Waals surface area (Å²) in [5.74, 6) is -1.26. The van der Waals surface area contributed by atoms with Gasteiger partial charge in [-0.3, -0.25) is 4.79 Å². The van der Waals surface area contributed by atoms with Crippen LogP contribution in [0, 0.1) is 6.92 Å². The van der Waals surface area contributed by atoms with Gasteiger partial charge in [0.15, 0.2) is 6.04 Å². The van der Waals surface area contributed by atoms with Crippen molar-refractivity contribution in [3.63, 3.8) is 0 Å². The number of nitrogens with zero attached hydrogens (tertiary/aromatic N) is 2. The Labute approximate surface area is 143 Å². The number of aliphatic carboxylic acids is 1. The van der Waals surface area contributed by atoms with Crippen LogP contribution in [0.2, 0.25) is 0 Å². The van der Waals surface area contributed by atoms with Gasteiger partial charge in [0.1, 0.15) is 0 Å². The van der Waals surface area contributed by atoms with Crippen LogP contribution < -0.4 is 0 Å². The summed E-state index contributed by atoms with van der Waals surface area (Å²) in [5.41, 5.74) is 4.05. The van der Waals surface area contributed by atoms with Crippen LogP contribution in [-0.4, -0.2) is 43.4 Å². The fraction of sp³-hybridized carbons (Fsp3) is 0.278. The first kappa shape index (κ1) is 15.4. The highest BCUT2D eigenvalue weighted by molar-refractivity contribution is 5.92. The molecule has 0 saturated carbocycles. The van der Waals surface area contributed by atoms with Gasteiger partial charge < -0.3 is 20.0 Å². The molecule has 7 heteroatoms. The van der Waals surface area contributed by atoms with Gasteiger partial charge in [-0.25, -0.2) is 9.78 Å². The zero-order valence-corrected chi connectivity index (χ0v) is 13.7. The maximum atomic E-state index is 12.9. The van der Waals surface area contributed by atoms with E-state index >= 15 is 0 Å². The Morgan fingerprint density at radius 2 is 2.16 bits per heavy atom. The number of hydrogen-bond donors (Lipinski definition) is 3. The van der Waals surface area contributed by atoms with Crippen molar-refractivity contribution in [1.82, 2.24) is 19.9 Å². The monoisotopic (exact) mass is 338 g/mol. The number of aromatic nitrogens is 3. The van der Waals surface area contributed by atoms with Crippen LogP contribution in [-0.2, 0) is 22.4 Å². The fourth-order valence-electron chi connectivity index (χ4n) is 3.61. The Hall–Kier alpha value is -3.09. The van der Waals surface area contributed by atoms with Gasteiger partial charge in [-0.15, -0.1) is 0 Å². The van der Waals surface area contributed by atoms with Crippen LogP contribution in [0.4, 0.5) is 0 Å². The Morgan fingerprint density at radius 3 is 2.96 bits per heavy atom. The number of carbonyl (C=O) groups excluding carboxylic acids is 1. The number of hydrogen-bond acceptors (Lipinski definition) is 3. The number of H-pyrrole nitrogens is 2. The summed E-state index contributed by atoms with van der Waals surface area (Å²) in [5, 5.41) is 10.6. The predicted octanol–water partition coefficient (Wildman–Crippen LogP) is 1.95. The summed E-state index contributed by atoms with van der Waals surface area (Å²) < 4.78 is 0. The van der Waals surface area contributed by atoms with Crippen LogP contribution in [0.15, 0.2) is 30.6 Å². The highest BCUT2D eigenvalue weighted by Crippen LogP contribution is 2.29. The third-order valence-electron chi connectivity index (χ3n) is 4.83. The molecule has 2 aromatic heterocycles. The molecule has 0 fully saturated rings. The lowest BCUT2D eigenvalue weighted by molar-refractivity contribution is -0.151. The Kier molecular flexibility index (Phi) is 3.56. The number of amides is 1. The molecule has 0 saturated heterocycles. The van der Waals surface area contributed by atoms with Crippen molar-refractivity contribution in [2.45, 2.75) is 25.8 Å². The minimum atomic E-state index is -1.06. The molecular weight excluding hydrogens is 320 g/mol. The highest BCUT2D eigenvalue weighted by atomic mass is 16.4. The van der Waals surface area contributed by atoms with Gasteiger partial charge in [0.25, 0.3) is 0 Å². The average Bonchev–Trinajstić information content (AvgIpc) is 3.18. The van der Waals surface area contributed by atoms with E-state index in [0.717, 1.165) is 27.9 Å². The van der Waals surface area contributed by atoms with Crippen LogP contribution in [0.3, 0.4) is 0 Å². The van der Waals surface area contributed by atoms with Crippen LogP contribution in [0.1, 0.15) is 28.7 Å². The SMILES string of the molecule is Cc1[nH]c2ccccc2c1CC(=O)N1CCc2[nH]cnc2[C@@H]1C(=O)O. The molecule has 1 aromatic carbocycles. The van der Waals surface area contributed by atoms with E-state index in [-0.39, 0.29) is 12.3 Å². The number of carboxylic acid groups (broad SMARTS) is 1. The lowest BCUT2D eigenvalue weighted by Gasteiger charge is -2.32. The molecule has 128 valence electrons. The van der Waals surface area contributed by atoms with Crippen molar-refractivity contribution in [1.29, 1.82) is 0 Å². The van der Waals surface area contributed by atoms with E-state index in [1.165, 1.54) is 11.2 Å². The van der Waals surface area contributed by atoms with Gasteiger partial charge in [0.2, 0.25) is 5.91 Å². The number of nitrogens with one attached hydrogen (secondary N) is 2. The number of imidazole rings is 1. The average molecular weight is 338 g/mol. The van der Waals surface area contributed by atoms with Gasteiger partial charge >= 0.3 is 5.97 Å². The smallest absolute Gasteiger partial charge is 0.332 e. The molecule has 4 rings (SSSR count). The molecule has 1 aliphatic rings. The zero-order chi connectivity index (χ0) is 17.6. The summed E-state index contributed by atoms with van der Waals surface area (Å²) in [6, 6.07) is 6.77. The molecule has 7 nitrogen and oxygen atoms in total. The summed E-state index contributed by atoms with van der Waals surface area (Å²) in [6.07, 6.45) is 2.23. The number of fused-ring (bicyclic) bond motifs is 2. The van der Waals surface area contributed by atoms with E-state index in [2.05, 4.69) is 15.0 Å². The molecule has 0 unspecified atom stereocenters. The molecule has 0 bridgehead atoms. The fourth-order valence-corrected chi connectivity index (χ4v) is 3.61. The summed E-state index contributed by atoms with van der Waals surface area (Å²) in [4.78, 5) is 36.5. The molecule has 3 aromatic rings. The number of rotatable bonds is 3. The minimum Gasteiger partial charge on any atom is -0.479 e. The van der Waals surface area contributed by atoms with Gasteiger partial charge in [-0.2, -0.15) is 0 Å². The van der Waals surface area contributed by atoms with Gasteiger partial charge in [0.05, 0.1) is 18.4 Å². The topological polar surface area (TPSA) is 102 Å². The van der Waals surface area contributed by atoms with E-state index in [1.54, 1.807) is 0 Å². The standard InChI is InChI=1S/C18H18N4O3/c1-10-12(11-4-2-3-5-13(11)21-10)8-15(23)22-7-6-14-16(20-9-19-14)17(22)18(24)25/h2-5,9,17,21H,6-8H2,1H3,(H,19,20)(H,24,25)/t17-/m1/s1. The number of carbonyl (C=O) groups is 2. The van der Waals surface area contributed by atoms with E-state index in [1.807, 2.05) is 31.2 Å².